The molecule has 0 saturated heterocycles. The Balaban J connectivity index is 2.96. The van der Waals surface area contributed by atoms with Crippen molar-refractivity contribution in [1.82, 2.24) is 4.90 Å². The number of nitrogens with zero attached hydrogens (tertiary/aromatic N) is 1. The van der Waals surface area contributed by atoms with Crippen LogP contribution in [0.15, 0.2) is 12.1 Å². The van der Waals surface area contributed by atoms with Gasteiger partial charge in [-0.3, -0.25) is 4.79 Å². The highest BCUT2D eigenvalue weighted by molar-refractivity contribution is 5.78. The zero-order valence-corrected chi connectivity index (χ0v) is 9.50. The molecule has 0 aliphatic heterocycles. The first-order valence-electron chi connectivity index (χ1n) is 5.21. The Morgan fingerprint density at radius 3 is 2.56 bits per heavy atom. The zero-order valence-electron chi connectivity index (χ0n) is 9.50. The van der Waals surface area contributed by atoms with Gasteiger partial charge in [0.15, 0.2) is 11.6 Å². The van der Waals surface area contributed by atoms with E-state index in [-0.39, 0.29) is 31.8 Å². The predicted molar refractivity (Wildman–Crippen MR) is 57.9 cm³/mol. The second-order valence-electron chi connectivity index (χ2n) is 3.60. The summed E-state index contributed by atoms with van der Waals surface area (Å²) in [4.78, 5) is 12.4. The number of aliphatic hydroxyl groups is 1. The number of carbonyl (C=O) groups is 1. The van der Waals surface area contributed by atoms with Gasteiger partial charge >= 0.3 is 0 Å². The molecule has 0 heterocycles. The first kappa shape index (κ1) is 14.5. The van der Waals surface area contributed by atoms with Crippen LogP contribution in [0.4, 0.5) is 13.2 Å². The van der Waals surface area contributed by atoms with Crippen LogP contribution in [0.2, 0.25) is 0 Å². The van der Waals surface area contributed by atoms with Gasteiger partial charge in [0.2, 0.25) is 5.91 Å². The Kier molecular flexibility index (Phi) is 5.11. The molecule has 4 nitrogen and oxygen atoms in total. The Morgan fingerprint density at radius 1 is 1.33 bits per heavy atom. The molecule has 0 aliphatic carbocycles. The zero-order chi connectivity index (χ0) is 13.7. The summed E-state index contributed by atoms with van der Waals surface area (Å²) >= 11 is 0. The van der Waals surface area contributed by atoms with Gasteiger partial charge < -0.3 is 15.7 Å². The van der Waals surface area contributed by atoms with Gasteiger partial charge in [0, 0.05) is 24.7 Å². The van der Waals surface area contributed by atoms with Gasteiger partial charge in [-0.25, -0.2) is 13.2 Å². The minimum atomic E-state index is -1.32. The van der Waals surface area contributed by atoms with Gasteiger partial charge in [0.05, 0.1) is 13.2 Å². The van der Waals surface area contributed by atoms with Crippen molar-refractivity contribution >= 4 is 5.91 Å². The summed E-state index contributed by atoms with van der Waals surface area (Å²) in [5, 5.41) is 8.76. The van der Waals surface area contributed by atoms with E-state index < -0.39 is 23.4 Å². The number of carbonyl (C=O) groups excluding carboxylic acids is 1. The molecule has 0 spiro atoms. The molecule has 3 N–H and O–H groups in total. The smallest absolute Gasteiger partial charge is 0.236 e. The number of hydrogen-bond acceptors (Lipinski definition) is 3. The molecular formula is C11H13F3N2O2. The molecule has 0 radical (unpaired) electrons. The highest BCUT2D eigenvalue weighted by Crippen LogP contribution is 2.16. The molecule has 0 aliphatic rings. The average Bonchev–Trinajstić information content (AvgIpc) is 2.33. The molecule has 0 aromatic heterocycles. The largest absolute Gasteiger partial charge is 0.395 e. The van der Waals surface area contributed by atoms with Crippen LogP contribution < -0.4 is 5.73 Å². The first-order valence-corrected chi connectivity index (χ1v) is 5.21. The molecule has 0 bridgehead atoms. The lowest BCUT2D eigenvalue weighted by Gasteiger charge is -2.21. The maximum atomic E-state index is 13.4. The van der Waals surface area contributed by atoms with Crippen molar-refractivity contribution in [3.05, 3.63) is 35.1 Å². The fraction of sp³-hybridized carbons (Fsp3) is 0.364. The Bertz CT molecular complexity index is 441. The normalized spacial score (nSPS) is 10.5. The quantitative estimate of drug-likeness (QED) is 0.754. The Labute approximate surface area is 102 Å². The molecule has 1 aromatic carbocycles. The SMILES string of the molecule is NCC(=O)N(CCO)Cc1cc(F)cc(F)c1F. The highest BCUT2D eigenvalue weighted by Gasteiger charge is 2.17. The van der Waals surface area contributed by atoms with E-state index in [2.05, 4.69) is 0 Å². The molecule has 0 atom stereocenters. The lowest BCUT2D eigenvalue weighted by Crippen LogP contribution is -2.37. The van der Waals surface area contributed by atoms with E-state index in [0.29, 0.717) is 6.07 Å². The molecule has 7 heteroatoms. The van der Waals surface area contributed by atoms with Crippen LogP contribution in [0, 0.1) is 17.5 Å². The van der Waals surface area contributed by atoms with Crippen molar-refractivity contribution in [2.45, 2.75) is 6.54 Å². The first-order chi connectivity index (χ1) is 8.49. The van der Waals surface area contributed by atoms with Crippen LogP contribution in [-0.4, -0.2) is 35.6 Å². The van der Waals surface area contributed by atoms with E-state index >= 15 is 0 Å². The van der Waals surface area contributed by atoms with Gasteiger partial charge in [-0.1, -0.05) is 0 Å². The molecule has 1 amide bonds. The van der Waals surface area contributed by atoms with Crippen LogP contribution in [0.25, 0.3) is 0 Å². The van der Waals surface area contributed by atoms with Crippen LogP contribution >= 0.6 is 0 Å². The molecular weight excluding hydrogens is 249 g/mol. The summed E-state index contributed by atoms with van der Waals surface area (Å²) in [5.41, 5.74) is 4.84. The second kappa shape index (κ2) is 6.36. The number of amides is 1. The molecule has 100 valence electrons. The summed E-state index contributed by atoms with van der Waals surface area (Å²) in [7, 11) is 0. The number of halogens is 3. The van der Waals surface area contributed by atoms with Crippen LogP contribution in [0.5, 0.6) is 0 Å². The van der Waals surface area contributed by atoms with Crippen molar-refractivity contribution in [3.63, 3.8) is 0 Å². The maximum Gasteiger partial charge on any atom is 0.236 e. The van der Waals surface area contributed by atoms with Crippen LogP contribution in [-0.2, 0) is 11.3 Å². The molecule has 18 heavy (non-hydrogen) atoms. The van der Waals surface area contributed by atoms with Gasteiger partial charge in [0.25, 0.3) is 0 Å². The molecule has 1 rings (SSSR count). The number of aliphatic hydroxyl groups excluding tert-OH is 1. The third-order valence-electron chi connectivity index (χ3n) is 2.33. The number of hydrogen-bond donors (Lipinski definition) is 2. The monoisotopic (exact) mass is 262 g/mol. The molecule has 0 unspecified atom stereocenters. The highest BCUT2D eigenvalue weighted by atomic mass is 19.2. The van der Waals surface area contributed by atoms with Gasteiger partial charge in [0.1, 0.15) is 5.82 Å². The van der Waals surface area contributed by atoms with Crippen molar-refractivity contribution in [3.8, 4) is 0 Å². The standard InChI is InChI=1S/C11H13F3N2O2/c12-8-3-7(11(14)9(13)4-8)6-16(1-2-17)10(18)5-15/h3-4,17H,1-2,5-6,15H2. The third kappa shape index (κ3) is 3.44. The van der Waals surface area contributed by atoms with Crippen molar-refractivity contribution in [2.24, 2.45) is 5.73 Å². The van der Waals surface area contributed by atoms with E-state index in [1.165, 1.54) is 0 Å². The van der Waals surface area contributed by atoms with Crippen molar-refractivity contribution < 1.29 is 23.1 Å². The molecule has 1 aromatic rings. The summed E-state index contributed by atoms with van der Waals surface area (Å²) in [6.45, 7) is -1.13. The minimum Gasteiger partial charge on any atom is -0.395 e. The topological polar surface area (TPSA) is 66.6 Å². The Morgan fingerprint density at radius 2 is 2.00 bits per heavy atom. The van der Waals surface area contributed by atoms with Crippen molar-refractivity contribution in [1.29, 1.82) is 0 Å². The van der Waals surface area contributed by atoms with Gasteiger partial charge in [-0.05, 0) is 6.07 Å². The number of rotatable bonds is 5. The second-order valence-corrected chi connectivity index (χ2v) is 3.60. The number of nitrogens with two attached hydrogens (primary N) is 1. The maximum absolute atomic E-state index is 13.4. The fourth-order valence-electron chi connectivity index (χ4n) is 1.47. The van der Waals surface area contributed by atoms with Gasteiger partial charge in [-0.2, -0.15) is 0 Å². The third-order valence-corrected chi connectivity index (χ3v) is 2.33. The van der Waals surface area contributed by atoms with Crippen molar-refractivity contribution in [2.75, 3.05) is 19.7 Å². The summed E-state index contributed by atoms with van der Waals surface area (Å²) < 4.78 is 39.3. The average molecular weight is 262 g/mol. The number of benzene rings is 1. The molecule has 0 saturated carbocycles. The predicted octanol–water partition coefficient (Wildman–Crippen LogP) is 0.384. The van der Waals surface area contributed by atoms with E-state index in [1.807, 2.05) is 0 Å². The Hall–Kier alpha value is -1.60. The summed E-state index contributed by atoms with van der Waals surface area (Å²) in [6, 6.07) is 1.21. The van der Waals surface area contributed by atoms with Gasteiger partial charge in [-0.15, -0.1) is 0 Å². The van der Waals surface area contributed by atoms with E-state index in [4.69, 9.17) is 10.8 Å². The van der Waals surface area contributed by atoms with E-state index in [9.17, 15) is 18.0 Å². The van der Waals surface area contributed by atoms with Crippen LogP contribution in [0.3, 0.4) is 0 Å². The minimum absolute atomic E-state index is 0.0897. The molecule has 0 fully saturated rings. The summed E-state index contributed by atoms with van der Waals surface area (Å²) in [6.07, 6.45) is 0. The van der Waals surface area contributed by atoms with E-state index in [1.54, 1.807) is 0 Å². The fourth-order valence-corrected chi connectivity index (χ4v) is 1.47. The lowest BCUT2D eigenvalue weighted by atomic mass is 10.2. The van der Waals surface area contributed by atoms with E-state index in [0.717, 1.165) is 11.0 Å². The van der Waals surface area contributed by atoms with Crippen LogP contribution in [0.1, 0.15) is 5.56 Å². The summed E-state index contributed by atoms with van der Waals surface area (Å²) in [5.74, 6) is -4.03. The lowest BCUT2D eigenvalue weighted by molar-refractivity contribution is -0.130.